The second-order valence-electron chi connectivity index (χ2n) is 8.93. The Labute approximate surface area is 157 Å². The molecule has 146 valence electrons. The van der Waals surface area contributed by atoms with Crippen molar-refractivity contribution in [1.29, 1.82) is 0 Å². The summed E-state index contributed by atoms with van der Waals surface area (Å²) < 4.78 is 41.9. The second kappa shape index (κ2) is 6.23. The van der Waals surface area contributed by atoms with Gasteiger partial charge < -0.3 is 0 Å². The minimum atomic E-state index is -4.52. The standard InChI is InChI=1S/C21H25F3N2O/c1-19(2,3)16-8-6-7-13-9-10-14(11-15(13)16)17(21(22,23)24)26-12-20(4,5)18(27)25-26/h6-11,17H,12H2,1-5H3,(H,25,27). The van der Waals surface area contributed by atoms with E-state index < -0.39 is 23.5 Å². The molecule has 2 aromatic carbocycles. The summed E-state index contributed by atoms with van der Waals surface area (Å²) in [5, 5.41) is 2.72. The largest absolute Gasteiger partial charge is 0.409 e. The molecule has 3 nitrogen and oxygen atoms in total. The number of hydrazine groups is 1. The Bertz CT molecular complexity index is 881. The zero-order valence-electron chi connectivity index (χ0n) is 16.2. The van der Waals surface area contributed by atoms with Crippen LogP contribution in [0, 0.1) is 5.41 Å². The van der Waals surface area contributed by atoms with E-state index >= 15 is 0 Å². The van der Waals surface area contributed by atoms with Crippen LogP contribution in [0.4, 0.5) is 13.2 Å². The van der Waals surface area contributed by atoms with Gasteiger partial charge in [-0.25, -0.2) is 5.01 Å². The van der Waals surface area contributed by atoms with Gasteiger partial charge in [-0.1, -0.05) is 51.1 Å². The molecule has 1 N–H and O–H groups in total. The number of hydrogen-bond donors (Lipinski definition) is 1. The Morgan fingerprint density at radius 1 is 1.11 bits per heavy atom. The highest BCUT2D eigenvalue weighted by molar-refractivity contribution is 5.87. The van der Waals surface area contributed by atoms with Crippen molar-refractivity contribution in [3.63, 3.8) is 0 Å². The lowest BCUT2D eigenvalue weighted by Gasteiger charge is -2.30. The molecule has 0 radical (unpaired) electrons. The van der Waals surface area contributed by atoms with Gasteiger partial charge in [-0.2, -0.15) is 13.2 Å². The van der Waals surface area contributed by atoms with E-state index in [0.717, 1.165) is 21.3 Å². The van der Waals surface area contributed by atoms with Crippen LogP contribution in [0.15, 0.2) is 36.4 Å². The van der Waals surface area contributed by atoms with E-state index in [0.29, 0.717) is 0 Å². The molecule has 1 atom stereocenters. The molecule has 27 heavy (non-hydrogen) atoms. The van der Waals surface area contributed by atoms with Crippen molar-refractivity contribution in [2.45, 2.75) is 52.3 Å². The summed E-state index contributed by atoms with van der Waals surface area (Å²) in [7, 11) is 0. The number of nitrogens with zero attached hydrogens (tertiary/aromatic N) is 1. The third-order valence-electron chi connectivity index (χ3n) is 5.08. The Morgan fingerprint density at radius 2 is 1.78 bits per heavy atom. The molecule has 3 rings (SSSR count). The number of benzene rings is 2. The molecule has 1 aliphatic rings. The van der Waals surface area contributed by atoms with E-state index in [9.17, 15) is 18.0 Å². The van der Waals surface area contributed by atoms with E-state index in [1.54, 1.807) is 26.0 Å². The number of rotatable bonds is 2. The molecule has 1 unspecified atom stereocenters. The predicted octanol–water partition coefficient (Wildman–Crippen LogP) is 5.11. The highest BCUT2D eigenvalue weighted by Crippen LogP contribution is 2.42. The van der Waals surface area contributed by atoms with Crippen LogP contribution in [0.25, 0.3) is 10.8 Å². The molecule has 2 aromatic rings. The Hall–Kier alpha value is -2.08. The third kappa shape index (κ3) is 3.68. The van der Waals surface area contributed by atoms with Gasteiger partial charge in [-0.15, -0.1) is 0 Å². The van der Waals surface area contributed by atoms with Crippen LogP contribution in [-0.4, -0.2) is 23.6 Å². The number of fused-ring (bicyclic) bond motifs is 1. The van der Waals surface area contributed by atoms with Crippen molar-refractivity contribution in [2.24, 2.45) is 5.41 Å². The van der Waals surface area contributed by atoms with Crippen LogP contribution in [0.2, 0.25) is 0 Å². The van der Waals surface area contributed by atoms with Gasteiger partial charge >= 0.3 is 6.18 Å². The molecular weight excluding hydrogens is 353 g/mol. The number of nitrogens with one attached hydrogen (secondary N) is 1. The van der Waals surface area contributed by atoms with E-state index in [1.807, 2.05) is 39.0 Å². The van der Waals surface area contributed by atoms with Crippen LogP contribution < -0.4 is 5.43 Å². The van der Waals surface area contributed by atoms with Crippen LogP contribution >= 0.6 is 0 Å². The molecule has 1 aliphatic heterocycles. The van der Waals surface area contributed by atoms with Crippen molar-refractivity contribution < 1.29 is 18.0 Å². The number of carbonyl (C=O) groups is 1. The molecule has 0 aliphatic carbocycles. The van der Waals surface area contributed by atoms with Gasteiger partial charge in [0.05, 0.1) is 5.41 Å². The number of halogens is 3. The van der Waals surface area contributed by atoms with Gasteiger partial charge in [0.1, 0.15) is 6.04 Å². The van der Waals surface area contributed by atoms with Crippen molar-refractivity contribution in [3.8, 4) is 0 Å². The topological polar surface area (TPSA) is 32.3 Å². The van der Waals surface area contributed by atoms with Crippen LogP contribution in [0.5, 0.6) is 0 Å². The summed E-state index contributed by atoms with van der Waals surface area (Å²) in [6.45, 7) is 9.41. The number of carbonyl (C=O) groups excluding carboxylic acids is 1. The Morgan fingerprint density at radius 3 is 2.30 bits per heavy atom. The predicted molar refractivity (Wildman–Crippen MR) is 100 cm³/mol. The van der Waals surface area contributed by atoms with Crippen molar-refractivity contribution in [2.75, 3.05) is 6.54 Å². The minimum absolute atomic E-state index is 0.00500. The first-order valence-electron chi connectivity index (χ1n) is 8.98. The Kier molecular flexibility index (Phi) is 4.54. The van der Waals surface area contributed by atoms with Crippen molar-refractivity contribution >= 4 is 16.7 Å². The maximum absolute atomic E-state index is 14.0. The van der Waals surface area contributed by atoms with Crippen LogP contribution in [0.1, 0.15) is 51.8 Å². The maximum Gasteiger partial charge on any atom is 0.409 e. The quantitative estimate of drug-likeness (QED) is 0.787. The van der Waals surface area contributed by atoms with E-state index in [-0.39, 0.29) is 17.5 Å². The molecular formula is C21H25F3N2O. The first kappa shape index (κ1) is 19.7. The minimum Gasteiger partial charge on any atom is -0.287 e. The summed E-state index contributed by atoms with van der Waals surface area (Å²) in [6, 6.07) is 8.73. The fourth-order valence-electron chi connectivity index (χ4n) is 3.63. The summed E-state index contributed by atoms with van der Waals surface area (Å²) in [5.74, 6) is -0.395. The molecule has 1 fully saturated rings. The van der Waals surface area contributed by atoms with Crippen molar-refractivity contribution in [1.82, 2.24) is 10.4 Å². The second-order valence-corrected chi connectivity index (χ2v) is 8.93. The molecule has 1 saturated heterocycles. The molecule has 1 heterocycles. The molecule has 1 amide bonds. The average Bonchev–Trinajstić information content (AvgIpc) is 2.77. The zero-order chi connectivity index (χ0) is 20.2. The highest BCUT2D eigenvalue weighted by Gasteiger charge is 2.51. The Balaban J connectivity index is 2.14. The third-order valence-corrected chi connectivity index (χ3v) is 5.08. The molecule has 0 bridgehead atoms. The summed E-state index contributed by atoms with van der Waals surface area (Å²) >= 11 is 0. The SMILES string of the molecule is CC1(C)CN(C(c2ccc3cccc(C(C)(C)C)c3c2)C(F)(F)F)NC1=O. The number of amides is 1. The van der Waals surface area contributed by atoms with Crippen LogP contribution in [0.3, 0.4) is 0 Å². The molecule has 6 heteroatoms. The van der Waals surface area contributed by atoms with Gasteiger partial charge in [-0.3, -0.25) is 10.2 Å². The smallest absolute Gasteiger partial charge is 0.287 e. The van der Waals surface area contributed by atoms with Gasteiger partial charge in [0, 0.05) is 6.54 Å². The van der Waals surface area contributed by atoms with E-state index in [1.165, 1.54) is 6.07 Å². The summed E-state index contributed by atoms with van der Waals surface area (Å²) in [5.41, 5.74) is 2.48. The normalized spacial score (nSPS) is 19.3. The van der Waals surface area contributed by atoms with Crippen LogP contribution in [-0.2, 0) is 10.2 Å². The molecule has 0 saturated carbocycles. The highest BCUT2D eigenvalue weighted by atomic mass is 19.4. The van der Waals surface area contributed by atoms with Gasteiger partial charge in [0.25, 0.3) is 0 Å². The van der Waals surface area contributed by atoms with Gasteiger partial charge in [-0.05, 0) is 47.2 Å². The maximum atomic E-state index is 14.0. The van der Waals surface area contributed by atoms with Gasteiger partial charge in [0.15, 0.2) is 0 Å². The molecule has 0 aromatic heterocycles. The fraction of sp³-hybridized carbons (Fsp3) is 0.476. The monoisotopic (exact) mass is 378 g/mol. The first-order valence-corrected chi connectivity index (χ1v) is 8.98. The lowest BCUT2D eigenvalue weighted by atomic mass is 9.83. The lowest BCUT2D eigenvalue weighted by Crippen LogP contribution is -2.43. The van der Waals surface area contributed by atoms with E-state index in [4.69, 9.17) is 0 Å². The average molecular weight is 378 g/mol. The summed E-state index contributed by atoms with van der Waals surface area (Å²) in [4.78, 5) is 12.0. The number of hydrogen-bond acceptors (Lipinski definition) is 2. The fourth-order valence-corrected chi connectivity index (χ4v) is 3.63. The van der Waals surface area contributed by atoms with Gasteiger partial charge in [0.2, 0.25) is 5.91 Å². The lowest BCUT2D eigenvalue weighted by molar-refractivity contribution is -0.191. The van der Waals surface area contributed by atoms with E-state index in [2.05, 4.69) is 5.43 Å². The number of alkyl halides is 3. The molecule has 0 spiro atoms. The first-order chi connectivity index (χ1) is 12.3. The zero-order valence-corrected chi connectivity index (χ0v) is 16.2. The summed E-state index contributed by atoms with van der Waals surface area (Å²) in [6.07, 6.45) is -4.52. The van der Waals surface area contributed by atoms with Crippen molar-refractivity contribution in [3.05, 3.63) is 47.5 Å².